The van der Waals surface area contributed by atoms with Crippen LogP contribution in [0.25, 0.3) is 16.9 Å². The van der Waals surface area contributed by atoms with Gasteiger partial charge in [-0.2, -0.15) is 10.2 Å². The number of hydrogen-bond donors (Lipinski definition) is 2. The number of sulfonamides is 1. The number of anilines is 1. The molecule has 1 amide bonds. The minimum absolute atomic E-state index is 0.147. The molecule has 6 aromatic rings. The summed E-state index contributed by atoms with van der Waals surface area (Å²) in [7, 11) is -3.74. The Balaban J connectivity index is 1.16. The van der Waals surface area contributed by atoms with Crippen molar-refractivity contribution in [1.82, 2.24) is 15.2 Å². The molecular formula is C36H29N5O4S. The van der Waals surface area contributed by atoms with E-state index in [1.54, 1.807) is 29.1 Å². The van der Waals surface area contributed by atoms with E-state index in [0.29, 0.717) is 29.1 Å². The van der Waals surface area contributed by atoms with Gasteiger partial charge in [-0.25, -0.2) is 18.5 Å². The monoisotopic (exact) mass is 627 g/mol. The summed E-state index contributed by atoms with van der Waals surface area (Å²) in [6.07, 6.45) is 3.38. The van der Waals surface area contributed by atoms with Crippen molar-refractivity contribution < 1.29 is 17.9 Å². The van der Waals surface area contributed by atoms with E-state index < -0.39 is 15.9 Å². The Labute approximate surface area is 266 Å². The van der Waals surface area contributed by atoms with Gasteiger partial charge in [-0.15, -0.1) is 0 Å². The van der Waals surface area contributed by atoms with Gasteiger partial charge in [-0.3, -0.25) is 9.52 Å². The summed E-state index contributed by atoms with van der Waals surface area (Å²) < 4.78 is 35.4. The van der Waals surface area contributed by atoms with Crippen molar-refractivity contribution >= 4 is 27.8 Å². The van der Waals surface area contributed by atoms with Crippen LogP contribution in [0.5, 0.6) is 5.75 Å². The molecule has 0 aliphatic rings. The molecule has 0 radical (unpaired) electrons. The predicted octanol–water partition coefficient (Wildman–Crippen LogP) is 6.68. The van der Waals surface area contributed by atoms with Gasteiger partial charge in [-0.1, -0.05) is 66.7 Å². The Morgan fingerprint density at radius 2 is 1.41 bits per heavy atom. The fourth-order valence-corrected chi connectivity index (χ4v) is 5.68. The molecule has 5 aromatic carbocycles. The number of para-hydroxylation sites is 1. The second kappa shape index (κ2) is 13.7. The van der Waals surface area contributed by atoms with E-state index in [-0.39, 0.29) is 4.90 Å². The number of ether oxygens (including phenoxy) is 1. The van der Waals surface area contributed by atoms with Crippen molar-refractivity contribution in [3.8, 4) is 22.7 Å². The number of aromatic nitrogens is 2. The fraction of sp³-hybridized carbons (Fsp3) is 0.0278. The van der Waals surface area contributed by atoms with Crippen LogP contribution in [0.15, 0.2) is 156 Å². The number of benzene rings is 5. The maximum Gasteiger partial charge on any atom is 0.271 e. The van der Waals surface area contributed by atoms with Crippen LogP contribution >= 0.6 is 0 Å². The normalized spacial score (nSPS) is 11.3. The van der Waals surface area contributed by atoms with Gasteiger partial charge in [0.2, 0.25) is 0 Å². The lowest BCUT2D eigenvalue weighted by Gasteiger charge is -2.08. The molecule has 10 heteroatoms. The Bertz CT molecular complexity index is 2050. The molecule has 0 aliphatic heterocycles. The zero-order valence-electron chi connectivity index (χ0n) is 24.5. The summed E-state index contributed by atoms with van der Waals surface area (Å²) in [4.78, 5) is 13.0. The first kappa shape index (κ1) is 30.0. The van der Waals surface area contributed by atoms with Crippen LogP contribution in [-0.2, 0) is 16.6 Å². The summed E-state index contributed by atoms with van der Waals surface area (Å²) in [5.41, 5.74) is 7.35. The Morgan fingerprint density at radius 3 is 2.09 bits per heavy atom. The van der Waals surface area contributed by atoms with Crippen LogP contribution in [0.4, 0.5) is 5.69 Å². The number of nitrogens with one attached hydrogen (secondary N) is 2. The average Bonchev–Trinajstić information content (AvgIpc) is 3.53. The van der Waals surface area contributed by atoms with Gasteiger partial charge in [-0.05, 0) is 78.4 Å². The Kier molecular flexibility index (Phi) is 8.98. The van der Waals surface area contributed by atoms with Crippen LogP contribution in [0, 0.1) is 0 Å². The third-order valence-corrected chi connectivity index (χ3v) is 8.36. The van der Waals surface area contributed by atoms with E-state index >= 15 is 0 Å². The molecule has 1 aromatic heterocycles. The zero-order chi connectivity index (χ0) is 31.8. The summed E-state index contributed by atoms with van der Waals surface area (Å²) in [6.45, 7) is 0.465. The number of amides is 1. The first-order chi connectivity index (χ1) is 22.4. The number of carbonyl (C=O) groups is 1. The molecule has 0 saturated carbocycles. The molecular weight excluding hydrogens is 598 g/mol. The molecule has 0 fully saturated rings. The summed E-state index contributed by atoms with van der Waals surface area (Å²) >= 11 is 0. The zero-order valence-corrected chi connectivity index (χ0v) is 25.3. The van der Waals surface area contributed by atoms with Crippen LogP contribution in [0.3, 0.4) is 0 Å². The highest BCUT2D eigenvalue weighted by Crippen LogP contribution is 2.25. The second-order valence-electron chi connectivity index (χ2n) is 10.2. The molecule has 46 heavy (non-hydrogen) atoms. The SMILES string of the molecule is O=C(NN=Cc1cn(-c2ccccc2)nc1-c1ccc(OCc2ccccc2)cc1)c1ccc(NS(=O)(=O)c2ccccc2)cc1. The van der Waals surface area contributed by atoms with Gasteiger partial charge in [0, 0.05) is 28.6 Å². The van der Waals surface area contributed by atoms with Crippen molar-refractivity contribution in [2.24, 2.45) is 5.10 Å². The van der Waals surface area contributed by atoms with Crippen molar-refractivity contribution in [2.75, 3.05) is 4.72 Å². The molecule has 9 nitrogen and oxygen atoms in total. The lowest BCUT2D eigenvalue weighted by molar-refractivity contribution is 0.0955. The number of hydrazone groups is 1. The second-order valence-corrected chi connectivity index (χ2v) is 11.9. The van der Waals surface area contributed by atoms with E-state index in [0.717, 1.165) is 22.6 Å². The van der Waals surface area contributed by atoms with Crippen molar-refractivity contribution in [3.05, 3.63) is 162 Å². The molecule has 2 N–H and O–H groups in total. The molecule has 0 aliphatic carbocycles. The summed E-state index contributed by atoms with van der Waals surface area (Å²) in [5, 5.41) is 9.01. The van der Waals surface area contributed by atoms with Gasteiger partial charge in [0.15, 0.2) is 0 Å². The quantitative estimate of drug-likeness (QED) is 0.123. The Morgan fingerprint density at radius 1 is 0.783 bits per heavy atom. The molecule has 228 valence electrons. The van der Waals surface area contributed by atoms with Gasteiger partial charge in [0.05, 0.1) is 16.8 Å². The van der Waals surface area contributed by atoms with Crippen molar-refractivity contribution in [2.45, 2.75) is 11.5 Å². The van der Waals surface area contributed by atoms with E-state index in [2.05, 4.69) is 15.2 Å². The van der Waals surface area contributed by atoms with Gasteiger partial charge in [0.25, 0.3) is 15.9 Å². The highest BCUT2D eigenvalue weighted by molar-refractivity contribution is 7.92. The van der Waals surface area contributed by atoms with Crippen LogP contribution < -0.4 is 14.9 Å². The van der Waals surface area contributed by atoms with Gasteiger partial charge in [0.1, 0.15) is 18.1 Å². The first-order valence-electron chi connectivity index (χ1n) is 14.4. The summed E-state index contributed by atoms with van der Waals surface area (Å²) in [5.74, 6) is 0.280. The lowest BCUT2D eigenvalue weighted by Crippen LogP contribution is -2.18. The number of hydrogen-bond acceptors (Lipinski definition) is 6. The third kappa shape index (κ3) is 7.37. The third-order valence-electron chi connectivity index (χ3n) is 6.96. The van der Waals surface area contributed by atoms with Crippen LogP contribution in [0.2, 0.25) is 0 Å². The van der Waals surface area contributed by atoms with Gasteiger partial charge < -0.3 is 4.74 Å². The smallest absolute Gasteiger partial charge is 0.271 e. The van der Waals surface area contributed by atoms with Gasteiger partial charge >= 0.3 is 0 Å². The molecule has 0 atom stereocenters. The molecule has 6 rings (SSSR count). The number of carbonyl (C=O) groups excluding carboxylic acids is 1. The van der Waals surface area contributed by atoms with Crippen molar-refractivity contribution in [1.29, 1.82) is 0 Å². The first-order valence-corrected chi connectivity index (χ1v) is 15.9. The minimum atomic E-state index is -3.74. The standard InChI is InChI=1S/C36H29N5O4S/c42-36(29-16-20-31(21-17-29)40-46(43,44)34-14-8-3-9-15-34)38-37-24-30-25-41(32-12-6-2-7-13-32)39-35(30)28-18-22-33(23-19-28)45-26-27-10-4-1-5-11-27/h1-25,40H,26H2,(H,38,42). The van der Waals surface area contributed by atoms with Crippen molar-refractivity contribution in [3.63, 3.8) is 0 Å². The van der Waals surface area contributed by atoms with E-state index in [1.807, 2.05) is 91.1 Å². The van der Waals surface area contributed by atoms with E-state index in [4.69, 9.17) is 9.84 Å². The molecule has 0 bridgehead atoms. The number of rotatable bonds is 11. The lowest BCUT2D eigenvalue weighted by atomic mass is 10.1. The van der Waals surface area contributed by atoms with Crippen LogP contribution in [-0.4, -0.2) is 30.3 Å². The maximum absolute atomic E-state index is 12.8. The topological polar surface area (TPSA) is 115 Å². The minimum Gasteiger partial charge on any atom is -0.489 e. The maximum atomic E-state index is 12.8. The predicted molar refractivity (Wildman–Crippen MR) is 179 cm³/mol. The van der Waals surface area contributed by atoms with E-state index in [1.165, 1.54) is 36.4 Å². The highest BCUT2D eigenvalue weighted by Gasteiger charge is 2.15. The molecule has 0 unspecified atom stereocenters. The Hall–Kier alpha value is -6.00. The molecule has 1 heterocycles. The van der Waals surface area contributed by atoms with Crippen LogP contribution in [0.1, 0.15) is 21.5 Å². The fourth-order valence-electron chi connectivity index (χ4n) is 4.60. The molecule has 0 saturated heterocycles. The summed E-state index contributed by atoms with van der Waals surface area (Å²) in [6, 6.07) is 41.5. The van der Waals surface area contributed by atoms with E-state index in [9.17, 15) is 13.2 Å². The highest BCUT2D eigenvalue weighted by atomic mass is 32.2. The largest absolute Gasteiger partial charge is 0.489 e. The molecule has 0 spiro atoms. The average molecular weight is 628 g/mol. The number of nitrogens with zero attached hydrogens (tertiary/aromatic N) is 3.